The molecule has 33 heavy (non-hydrogen) atoms. The SMILES string of the molecule is COc1ccc(C(O[C@@H]2O[C@H](CO)[C@@H](O)[C@H](O)[C@H]2O)O[C@@H]2O[C@H](CO)[C@@H](O)[C@H](O)[C@H]2O)cc1. The van der Waals surface area contributed by atoms with Crippen molar-refractivity contribution in [2.24, 2.45) is 0 Å². The first kappa shape index (κ1) is 26.2. The molecule has 2 heterocycles. The van der Waals surface area contributed by atoms with E-state index >= 15 is 0 Å². The van der Waals surface area contributed by atoms with Gasteiger partial charge in [0.15, 0.2) is 18.9 Å². The molecule has 0 bridgehead atoms. The van der Waals surface area contributed by atoms with Gasteiger partial charge in [0.25, 0.3) is 0 Å². The summed E-state index contributed by atoms with van der Waals surface area (Å²) in [6.45, 7) is -1.35. The van der Waals surface area contributed by atoms with E-state index in [1.807, 2.05) is 0 Å². The molecule has 1 aromatic rings. The van der Waals surface area contributed by atoms with E-state index in [0.717, 1.165) is 0 Å². The van der Waals surface area contributed by atoms with Gasteiger partial charge in [0.05, 0.1) is 20.3 Å². The molecule has 1 aromatic carbocycles. The van der Waals surface area contributed by atoms with Gasteiger partial charge >= 0.3 is 0 Å². The Kier molecular flexibility index (Phi) is 8.96. The third-order valence-corrected chi connectivity index (χ3v) is 5.60. The molecule has 0 amide bonds. The Morgan fingerprint density at radius 2 is 1.12 bits per heavy atom. The molecule has 8 N–H and O–H groups in total. The molecule has 0 radical (unpaired) electrons. The minimum Gasteiger partial charge on any atom is -0.497 e. The second-order valence-corrected chi connectivity index (χ2v) is 7.77. The lowest BCUT2D eigenvalue weighted by molar-refractivity contribution is -0.381. The first-order valence-electron chi connectivity index (χ1n) is 10.3. The van der Waals surface area contributed by atoms with Gasteiger partial charge in [-0.25, -0.2) is 0 Å². The molecule has 13 nitrogen and oxygen atoms in total. The highest BCUT2D eigenvalue weighted by Crippen LogP contribution is 2.32. The fourth-order valence-electron chi connectivity index (χ4n) is 3.55. The maximum absolute atomic E-state index is 10.3. The summed E-state index contributed by atoms with van der Waals surface area (Å²) in [5.74, 6) is 0.498. The van der Waals surface area contributed by atoms with Crippen molar-refractivity contribution in [3.8, 4) is 5.75 Å². The van der Waals surface area contributed by atoms with Crippen molar-refractivity contribution < 1.29 is 64.5 Å². The predicted molar refractivity (Wildman–Crippen MR) is 105 cm³/mol. The zero-order chi connectivity index (χ0) is 24.3. The van der Waals surface area contributed by atoms with Crippen LogP contribution in [0.15, 0.2) is 24.3 Å². The van der Waals surface area contributed by atoms with Crippen molar-refractivity contribution in [3.05, 3.63) is 29.8 Å². The Bertz CT molecular complexity index is 691. The van der Waals surface area contributed by atoms with E-state index in [1.54, 1.807) is 12.1 Å². The monoisotopic (exact) mass is 478 g/mol. The molecule has 2 aliphatic heterocycles. The van der Waals surface area contributed by atoms with Gasteiger partial charge in [0.1, 0.15) is 54.6 Å². The van der Waals surface area contributed by atoms with Crippen LogP contribution in [0.5, 0.6) is 5.75 Å². The molecule has 10 atom stereocenters. The topological polar surface area (TPSA) is 208 Å². The average molecular weight is 478 g/mol. The number of rotatable bonds is 8. The van der Waals surface area contributed by atoms with Gasteiger partial charge in [-0.1, -0.05) is 12.1 Å². The van der Waals surface area contributed by atoms with Gasteiger partial charge in [-0.15, -0.1) is 0 Å². The van der Waals surface area contributed by atoms with E-state index in [2.05, 4.69) is 0 Å². The minimum atomic E-state index is -1.73. The summed E-state index contributed by atoms with van der Waals surface area (Å²) in [6, 6.07) is 6.18. The van der Waals surface area contributed by atoms with Crippen LogP contribution in [0.25, 0.3) is 0 Å². The van der Waals surface area contributed by atoms with Crippen molar-refractivity contribution in [2.45, 2.75) is 67.7 Å². The molecular weight excluding hydrogens is 448 g/mol. The molecule has 0 saturated carbocycles. The Morgan fingerprint density at radius 3 is 1.48 bits per heavy atom. The van der Waals surface area contributed by atoms with E-state index in [0.29, 0.717) is 11.3 Å². The maximum atomic E-state index is 10.3. The normalized spacial score (nSPS) is 39.6. The zero-order valence-corrected chi connectivity index (χ0v) is 17.7. The summed E-state index contributed by atoms with van der Waals surface area (Å²) in [4.78, 5) is 0. The molecule has 0 spiro atoms. The number of aliphatic hydroxyl groups is 8. The van der Waals surface area contributed by atoms with Crippen molar-refractivity contribution in [1.82, 2.24) is 0 Å². The highest BCUT2D eigenvalue weighted by atomic mass is 16.8. The molecule has 13 heteroatoms. The highest BCUT2D eigenvalue weighted by Gasteiger charge is 2.48. The lowest BCUT2D eigenvalue weighted by Crippen LogP contribution is -2.60. The van der Waals surface area contributed by atoms with Crippen LogP contribution in [-0.2, 0) is 18.9 Å². The van der Waals surface area contributed by atoms with Crippen LogP contribution < -0.4 is 4.74 Å². The van der Waals surface area contributed by atoms with Gasteiger partial charge in [-0.3, -0.25) is 0 Å². The van der Waals surface area contributed by atoms with E-state index in [1.165, 1.54) is 19.2 Å². The van der Waals surface area contributed by atoms with Crippen molar-refractivity contribution in [1.29, 1.82) is 0 Å². The van der Waals surface area contributed by atoms with Crippen LogP contribution in [0, 0.1) is 0 Å². The van der Waals surface area contributed by atoms with Crippen LogP contribution in [0.2, 0.25) is 0 Å². The summed E-state index contributed by atoms with van der Waals surface area (Å²) >= 11 is 0. The van der Waals surface area contributed by atoms with E-state index in [9.17, 15) is 40.9 Å². The number of hydrogen-bond acceptors (Lipinski definition) is 13. The number of ether oxygens (including phenoxy) is 5. The van der Waals surface area contributed by atoms with E-state index in [4.69, 9.17) is 23.7 Å². The zero-order valence-electron chi connectivity index (χ0n) is 17.7. The third-order valence-electron chi connectivity index (χ3n) is 5.60. The second-order valence-electron chi connectivity index (χ2n) is 7.77. The van der Waals surface area contributed by atoms with Gasteiger partial charge in [0, 0.05) is 5.56 Å². The van der Waals surface area contributed by atoms with E-state index < -0.39 is 80.9 Å². The summed E-state index contributed by atoms with van der Waals surface area (Å²) in [5.41, 5.74) is 0.310. The van der Waals surface area contributed by atoms with Gasteiger partial charge in [0.2, 0.25) is 0 Å². The van der Waals surface area contributed by atoms with Crippen LogP contribution in [0.3, 0.4) is 0 Å². The molecular formula is C20H30O13. The molecule has 0 aromatic heterocycles. The van der Waals surface area contributed by atoms with Crippen molar-refractivity contribution in [3.63, 3.8) is 0 Å². The molecule has 3 rings (SSSR count). The quantitative estimate of drug-likeness (QED) is 0.170. The van der Waals surface area contributed by atoms with Gasteiger partial charge in [-0.2, -0.15) is 0 Å². The number of hydrogen-bond donors (Lipinski definition) is 8. The summed E-state index contributed by atoms with van der Waals surface area (Å²) in [5, 5.41) is 79.4. The lowest BCUT2D eigenvalue weighted by atomic mass is 9.99. The minimum absolute atomic E-state index is 0.310. The van der Waals surface area contributed by atoms with Gasteiger partial charge in [-0.05, 0) is 12.1 Å². The molecule has 2 aliphatic rings. The average Bonchev–Trinajstić information content (AvgIpc) is 2.83. The maximum Gasteiger partial charge on any atom is 0.190 e. The molecule has 2 saturated heterocycles. The van der Waals surface area contributed by atoms with Crippen LogP contribution in [0.4, 0.5) is 0 Å². The van der Waals surface area contributed by atoms with Crippen LogP contribution >= 0.6 is 0 Å². The second kappa shape index (κ2) is 11.3. The smallest absolute Gasteiger partial charge is 0.190 e. The molecule has 0 unspecified atom stereocenters. The third kappa shape index (κ3) is 5.62. The lowest BCUT2D eigenvalue weighted by Gasteiger charge is -2.43. The first-order valence-corrected chi connectivity index (χ1v) is 10.3. The van der Waals surface area contributed by atoms with Crippen molar-refractivity contribution >= 4 is 0 Å². The summed E-state index contributed by atoms with van der Waals surface area (Å²) < 4.78 is 27.2. The predicted octanol–water partition coefficient (Wildman–Crippen LogP) is -3.67. The highest BCUT2D eigenvalue weighted by molar-refractivity contribution is 5.28. The van der Waals surface area contributed by atoms with Crippen LogP contribution in [-0.4, -0.2) is 123 Å². The molecule has 0 aliphatic carbocycles. The number of methoxy groups -OCH3 is 1. The number of aliphatic hydroxyl groups excluding tert-OH is 8. The summed E-state index contributed by atoms with van der Waals surface area (Å²) in [6.07, 6.45) is -17.2. The molecule has 2 fully saturated rings. The standard InChI is InChI=1S/C20H30O13/c1-29-9-4-2-8(3-5-9)18(32-19-16(27)14(25)12(23)10(6-21)30-19)33-20-17(28)15(26)13(24)11(7-22)31-20/h2-5,10-28H,6-7H2,1H3/t10-,11-,12-,13-,14+,15+,16-,17-,19+,20+/m1/s1. The van der Waals surface area contributed by atoms with Crippen LogP contribution in [0.1, 0.15) is 11.9 Å². The fraction of sp³-hybridized carbons (Fsp3) is 0.700. The Balaban J connectivity index is 1.85. The number of benzene rings is 1. The first-order chi connectivity index (χ1) is 15.7. The largest absolute Gasteiger partial charge is 0.497 e. The summed E-state index contributed by atoms with van der Waals surface area (Å²) in [7, 11) is 1.46. The Morgan fingerprint density at radius 1 is 0.697 bits per heavy atom. The van der Waals surface area contributed by atoms with Crippen molar-refractivity contribution in [2.75, 3.05) is 20.3 Å². The molecule has 188 valence electrons. The Labute approximate surface area is 188 Å². The Hall–Kier alpha value is -1.46. The van der Waals surface area contributed by atoms with Gasteiger partial charge < -0.3 is 64.5 Å². The van der Waals surface area contributed by atoms with E-state index in [-0.39, 0.29) is 0 Å². The fourth-order valence-corrected chi connectivity index (χ4v) is 3.55.